The van der Waals surface area contributed by atoms with Crippen LogP contribution in [-0.4, -0.2) is 29.5 Å². The van der Waals surface area contributed by atoms with Crippen LogP contribution in [0.2, 0.25) is 0 Å². The smallest absolute Gasteiger partial charge is 0.253 e. The molecule has 2 N–H and O–H groups in total. The van der Waals surface area contributed by atoms with Crippen molar-refractivity contribution in [2.24, 2.45) is 0 Å². The molecule has 122 valence electrons. The first-order valence-corrected chi connectivity index (χ1v) is 7.87. The predicted molar refractivity (Wildman–Crippen MR) is 91.7 cm³/mol. The van der Waals surface area contributed by atoms with Gasteiger partial charge < -0.3 is 15.3 Å². The lowest BCUT2D eigenvalue weighted by Crippen LogP contribution is -2.28. The van der Waals surface area contributed by atoms with E-state index in [0.29, 0.717) is 12.1 Å². The topological polar surface area (TPSA) is 52.6 Å². The van der Waals surface area contributed by atoms with Crippen LogP contribution in [0.3, 0.4) is 0 Å². The Morgan fingerprint density at radius 3 is 2.52 bits per heavy atom. The van der Waals surface area contributed by atoms with Crippen molar-refractivity contribution >= 4 is 5.91 Å². The lowest BCUT2D eigenvalue weighted by atomic mass is 10.1. The van der Waals surface area contributed by atoms with Crippen LogP contribution in [0, 0.1) is 0 Å². The maximum atomic E-state index is 12.1. The third kappa shape index (κ3) is 5.20. The van der Waals surface area contributed by atoms with Gasteiger partial charge in [-0.1, -0.05) is 61.5 Å². The van der Waals surface area contributed by atoms with Gasteiger partial charge in [0.05, 0.1) is 0 Å². The van der Waals surface area contributed by atoms with Crippen molar-refractivity contribution in [1.29, 1.82) is 0 Å². The van der Waals surface area contributed by atoms with Crippen molar-refractivity contribution in [3.8, 4) is 0 Å². The highest BCUT2D eigenvalue weighted by atomic mass is 16.3. The molecule has 0 aliphatic heterocycles. The van der Waals surface area contributed by atoms with Crippen molar-refractivity contribution in [1.82, 2.24) is 10.2 Å². The van der Waals surface area contributed by atoms with Gasteiger partial charge in [-0.05, 0) is 30.3 Å². The fourth-order valence-corrected chi connectivity index (χ4v) is 2.33. The molecule has 0 spiro atoms. The minimum Gasteiger partial charge on any atom is -0.378 e. The molecule has 23 heavy (non-hydrogen) atoms. The van der Waals surface area contributed by atoms with Crippen molar-refractivity contribution in [2.45, 2.75) is 26.1 Å². The first-order chi connectivity index (χ1) is 11.1. The SMILES string of the molecule is CCN(C)Cc1cccc(CNC(=O)C(O)c2ccccc2)c1. The molecule has 1 amide bonds. The van der Waals surface area contributed by atoms with Crippen LogP contribution >= 0.6 is 0 Å². The summed E-state index contributed by atoms with van der Waals surface area (Å²) in [6.07, 6.45) is -1.13. The van der Waals surface area contributed by atoms with E-state index in [1.165, 1.54) is 5.56 Å². The standard InChI is InChI=1S/C19H24N2O2/c1-3-21(2)14-16-9-7-8-15(12-16)13-20-19(23)18(22)17-10-5-4-6-11-17/h4-12,18,22H,3,13-14H2,1-2H3,(H,20,23). The van der Waals surface area contributed by atoms with Crippen molar-refractivity contribution in [3.05, 3.63) is 71.3 Å². The molecule has 1 unspecified atom stereocenters. The second kappa shape index (κ2) is 8.46. The van der Waals surface area contributed by atoms with E-state index >= 15 is 0 Å². The molecule has 4 heteroatoms. The first-order valence-electron chi connectivity index (χ1n) is 7.87. The summed E-state index contributed by atoms with van der Waals surface area (Å²) < 4.78 is 0. The molecule has 0 aliphatic rings. The Morgan fingerprint density at radius 2 is 1.83 bits per heavy atom. The van der Waals surface area contributed by atoms with Crippen LogP contribution in [-0.2, 0) is 17.9 Å². The molecule has 0 fully saturated rings. The van der Waals surface area contributed by atoms with E-state index in [1.807, 2.05) is 18.2 Å². The molecule has 0 radical (unpaired) electrons. The van der Waals surface area contributed by atoms with Gasteiger partial charge in [0.1, 0.15) is 0 Å². The Labute approximate surface area is 137 Å². The van der Waals surface area contributed by atoms with Gasteiger partial charge in [-0.2, -0.15) is 0 Å². The average molecular weight is 312 g/mol. The number of nitrogens with one attached hydrogen (secondary N) is 1. The Kier molecular flexibility index (Phi) is 6.32. The monoisotopic (exact) mass is 312 g/mol. The van der Waals surface area contributed by atoms with Crippen molar-refractivity contribution in [3.63, 3.8) is 0 Å². The molecule has 2 rings (SSSR count). The zero-order valence-corrected chi connectivity index (χ0v) is 13.7. The zero-order valence-electron chi connectivity index (χ0n) is 13.7. The highest BCUT2D eigenvalue weighted by molar-refractivity contribution is 5.81. The number of amides is 1. The fraction of sp³-hybridized carbons (Fsp3) is 0.316. The van der Waals surface area contributed by atoms with Crippen LogP contribution in [0.15, 0.2) is 54.6 Å². The average Bonchev–Trinajstić information content (AvgIpc) is 2.60. The quantitative estimate of drug-likeness (QED) is 0.826. The van der Waals surface area contributed by atoms with Crippen LogP contribution in [0.4, 0.5) is 0 Å². The Hall–Kier alpha value is -2.17. The van der Waals surface area contributed by atoms with Crippen LogP contribution in [0.5, 0.6) is 0 Å². The molecule has 0 aliphatic carbocycles. The van der Waals surface area contributed by atoms with Gasteiger partial charge in [0.15, 0.2) is 6.10 Å². The van der Waals surface area contributed by atoms with Gasteiger partial charge in [0.2, 0.25) is 0 Å². The molecular weight excluding hydrogens is 288 g/mol. The van der Waals surface area contributed by atoms with E-state index in [4.69, 9.17) is 0 Å². The summed E-state index contributed by atoms with van der Waals surface area (Å²) in [6, 6.07) is 17.1. The number of carbonyl (C=O) groups excluding carboxylic acids is 1. The lowest BCUT2D eigenvalue weighted by Gasteiger charge is -2.15. The van der Waals surface area contributed by atoms with E-state index in [1.54, 1.807) is 24.3 Å². The summed E-state index contributed by atoms with van der Waals surface area (Å²) in [4.78, 5) is 14.3. The summed E-state index contributed by atoms with van der Waals surface area (Å²) in [5, 5.41) is 12.8. The molecule has 2 aromatic rings. The number of hydrogen-bond acceptors (Lipinski definition) is 3. The second-order valence-corrected chi connectivity index (χ2v) is 5.68. The minimum atomic E-state index is -1.13. The van der Waals surface area contributed by atoms with Crippen molar-refractivity contribution in [2.75, 3.05) is 13.6 Å². The minimum absolute atomic E-state index is 0.382. The summed E-state index contributed by atoms with van der Waals surface area (Å²) in [6.45, 7) is 4.40. The van der Waals surface area contributed by atoms with Gasteiger partial charge in [0, 0.05) is 13.1 Å². The molecule has 0 bridgehead atoms. The van der Waals surface area contributed by atoms with Gasteiger partial charge in [0.25, 0.3) is 5.91 Å². The first kappa shape index (κ1) is 17.2. The van der Waals surface area contributed by atoms with E-state index in [0.717, 1.165) is 18.7 Å². The summed E-state index contributed by atoms with van der Waals surface area (Å²) in [7, 11) is 2.07. The van der Waals surface area contributed by atoms with Gasteiger partial charge >= 0.3 is 0 Å². The van der Waals surface area contributed by atoms with E-state index < -0.39 is 6.10 Å². The number of nitrogens with zero attached hydrogens (tertiary/aromatic N) is 1. The summed E-state index contributed by atoms with van der Waals surface area (Å²) in [5.41, 5.74) is 2.84. The number of carbonyl (C=O) groups is 1. The van der Waals surface area contributed by atoms with E-state index in [-0.39, 0.29) is 5.91 Å². The molecule has 2 aromatic carbocycles. The maximum Gasteiger partial charge on any atom is 0.253 e. The van der Waals surface area contributed by atoms with Crippen LogP contribution in [0.25, 0.3) is 0 Å². The van der Waals surface area contributed by atoms with E-state index in [9.17, 15) is 9.90 Å². The third-order valence-electron chi connectivity index (χ3n) is 3.81. The van der Waals surface area contributed by atoms with Crippen LogP contribution < -0.4 is 5.32 Å². The van der Waals surface area contributed by atoms with E-state index in [2.05, 4.69) is 36.3 Å². The highest BCUT2D eigenvalue weighted by Gasteiger charge is 2.16. The third-order valence-corrected chi connectivity index (χ3v) is 3.81. The van der Waals surface area contributed by atoms with Crippen LogP contribution in [0.1, 0.15) is 29.7 Å². The van der Waals surface area contributed by atoms with Gasteiger partial charge in [-0.3, -0.25) is 4.79 Å². The second-order valence-electron chi connectivity index (χ2n) is 5.68. The Bertz CT molecular complexity index is 628. The number of rotatable bonds is 7. The zero-order chi connectivity index (χ0) is 16.7. The molecule has 0 heterocycles. The molecule has 0 aromatic heterocycles. The lowest BCUT2D eigenvalue weighted by molar-refractivity contribution is -0.129. The molecule has 0 saturated carbocycles. The predicted octanol–water partition coefficient (Wildman–Crippen LogP) is 2.49. The van der Waals surface area contributed by atoms with Crippen molar-refractivity contribution < 1.29 is 9.90 Å². The number of aliphatic hydroxyl groups is 1. The molecule has 0 saturated heterocycles. The Balaban J connectivity index is 1.92. The molecular formula is C19H24N2O2. The maximum absolute atomic E-state index is 12.1. The normalized spacial score (nSPS) is 12.2. The van der Waals surface area contributed by atoms with Gasteiger partial charge in [-0.25, -0.2) is 0 Å². The number of aliphatic hydroxyl groups excluding tert-OH is 1. The largest absolute Gasteiger partial charge is 0.378 e. The summed E-state index contributed by atoms with van der Waals surface area (Å²) >= 11 is 0. The fourth-order valence-electron chi connectivity index (χ4n) is 2.33. The number of hydrogen-bond donors (Lipinski definition) is 2. The molecule has 4 nitrogen and oxygen atoms in total. The molecule has 1 atom stereocenters. The number of benzene rings is 2. The Morgan fingerprint density at radius 1 is 1.13 bits per heavy atom. The summed E-state index contributed by atoms with van der Waals surface area (Å²) in [5.74, 6) is -0.382. The van der Waals surface area contributed by atoms with Gasteiger partial charge in [-0.15, -0.1) is 0 Å². The highest BCUT2D eigenvalue weighted by Crippen LogP contribution is 2.13.